The smallest absolute Gasteiger partial charge is 0.227 e. The first-order chi connectivity index (χ1) is 7.72. The van der Waals surface area contributed by atoms with E-state index in [1.807, 2.05) is 10.7 Å². The number of methoxy groups -OCH3 is 1. The predicted octanol–water partition coefficient (Wildman–Crippen LogP) is 0.829. The van der Waals surface area contributed by atoms with Gasteiger partial charge in [-0.05, 0) is 6.42 Å². The molecule has 1 aliphatic heterocycles. The third-order valence-electron chi connectivity index (χ3n) is 2.85. The van der Waals surface area contributed by atoms with E-state index in [0.29, 0.717) is 13.0 Å². The van der Waals surface area contributed by atoms with Gasteiger partial charge in [0.1, 0.15) is 5.82 Å². The SMILES string of the molecule is COCCc1cc2n(n1)CCCC(=O)N2C. The average Bonchev–Trinajstić information content (AvgIpc) is 2.63. The number of nitrogens with zero attached hydrogens (tertiary/aromatic N) is 3. The topological polar surface area (TPSA) is 47.4 Å². The number of anilines is 1. The van der Waals surface area contributed by atoms with Crippen LogP contribution in [0.1, 0.15) is 18.5 Å². The molecule has 0 aliphatic carbocycles. The van der Waals surface area contributed by atoms with Crippen LogP contribution in [0, 0.1) is 0 Å². The highest BCUT2D eigenvalue weighted by molar-refractivity contribution is 5.92. The van der Waals surface area contributed by atoms with Crippen molar-refractivity contribution in [2.24, 2.45) is 0 Å². The van der Waals surface area contributed by atoms with E-state index in [9.17, 15) is 4.79 Å². The lowest BCUT2D eigenvalue weighted by Gasteiger charge is -2.13. The van der Waals surface area contributed by atoms with E-state index in [2.05, 4.69) is 5.10 Å². The van der Waals surface area contributed by atoms with Crippen LogP contribution in [-0.2, 0) is 22.5 Å². The Balaban J connectivity index is 2.21. The number of aryl methyl sites for hydroxylation is 1. The van der Waals surface area contributed by atoms with Gasteiger partial charge in [-0.3, -0.25) is 4.79 Å². The van der Waals surface area contributed by atoms with E-state index in [-0.39, 0.29) is 5.91 Å². The average molecular weight is 223 g/mol. The van der Waals surface area contributed by atoms with E-state index in [0.717, 1.165) is 30.9 Å². The van der Waals surface area contributed by atoms with Crippen LogP contribution in [0.5, 0.6) is 0 Å². The fraction of sp³-hybridized carbons (Fsp3) is 0.636. The quantitative estimate of drug-likeness (QED) is 0.762. The minimum atomic E-state index is 0.164. The van der Waals surface area contributed by atoms with Gasteiger partial charge in [-0.1, -0.05) is 0 Å². The van der Waals surface area contributed by atoms with Crippen LogP contribution < -0.4 is 4.90 Å². The van der Waals surface area contributed by atoms with Crippen molar-refractivity contribution in [1.29, 1.82) is 0 Å². The molecule has 2 rings (SSSR count). The lowest BCUT2D eigenvalue weighted by molar-refractivity contribution is -0.118. The molecule has 0 unspecified atom stereocenters. The van der Waals surface area contributed by atoms with E-state index in [4.69, 9.17) is 4.74 Å². The van der Waals surface area contributed by atoms with Crippen molar-refractivity contribution in [2.45, 2.75) is 25.8 Å². The van der Waals surface area contributed by atoms with Gasteiger partial charge in [-0.15, -0.1) is 0 Å². The maximum absolute atomic E-state index is 11.7. The Morgan fingerprint density at radius 2 is 2.38 bits per heavy atom. The summed E-state index contributed by atoms with van der Waals surface area (Å²) in [5, 5.41) is 4.48. The lowest BCUT2D eigenvalue weighted by Crippen LogP contribution is -2.25. The number of hydrogen-bond acceptors (Lipinski definition) is 3. The molecule has 1 aromatic rings. The lowest BCUT2D eigenvalue weighted by atomic mass is 10.3. The third kappa shape index (κ3) is 2.09. The summed E-state index contributed by atoms with van der Waals surface area (Å²) in [6.07, 6.45) is 2.26. The first-order valence-electron chi connectivity index (χ1n) is 5.54. The second-order valence-corrected chi connectivity index (χ2v) is 4.02. The summed E-state index contributed by atoms with van der Waals surface area (Å²) in [6, 6.07) is 1.97. The van der Waals surface area contributed by atoms with Crippen LogP contribution >= 0.6 is 0 Å². The van der Waals surface area contributed by atoms with Crippen molar-refractivity contribution >= 4 is 11.7 Å². The van der Waals surface area contributed by atoms with Gasteiger partial charge < -0.3 is 9.64 Å². The Kier molecular flexibility index (Phi) is 3.24. The molecular weight excluding hydrogens is 206 g/mol. The zero-order chi connectivity index (χ0) is 11.5. The highest BCUT2D eigenvalue weighted by Gasteiger charge is 2.20. The number of ether oxygens (including phenoxy) is 1. The number of rotatable bonds is 3. The fourth-order valence-corrected chi connectivity index (χ4v) is 1.90. The van der Waals surface area contributed by atoms with E-state index in [1.165, 1.54) is 0 Å². The summed E-state index contributed by atoms with van der Waals surface area (Å²) in [6.45, 7) is 1.48. The first-order valence-corrected chi connectivity index (χ1v) is 5.54. The summed E-state index contributed by atoms with van der Waals surface area (Å²) < 4.78 is 6.93. The first kappa shape index (κ1) is 11.1. The zero-order valence-corrected chi connectivity index (χ0v) is 9.77. The molecule has 0 aromatic carbocycles. The van der Waals surface area contributed by atoms with Crippen molar-refractivity contribution in [3.8, 4) is 0 Å². The molecule has 0 atom stereocenters. The molecule has 0 N–H and O–H groups in total. The Bertz CT molecular complexity index is 387. The normalized spacial score (nSPS) is 16.1. The molecule has 0 radical (unpaired) electrons. The molecule has 16 heavy (non-hydrogen) atoms. The standard InChI is InChI=1S/C11H17N3O2/c1-13-10-8-9(5-7-16-2)12-14(10)6-3-4-11(13)15/h8H,3-7H2,1-2H3. The van der Waals surface area contributed by atoms with Crippen molar-refractivity contribution in [1.82, 2.24) is 9.78 Å². The zero-order valence-electron chi connectivity index (χ0n) is 9.77. The van der Waals surface area contributed by atoms with Crippen LogP contribution in [0.3, 0.4) is 0 Å². The maximum Gasteiger partial charge on any atom is 0.227 e. The second kappa shape index (κ2) is 4.65. The number of amides is 1. The Morgan fingerprint density at radius 1 is 1.56 bits per heavy atom. The van der Waals surface area contributed by atoms with E-state index in [1.54, 1.807) is 19.1 Å². The largest absolute Gasteiger partial charge is 0.384 e. The van der Waals surface area contributed by atoms with Crippen LogP contribution in [-0.4, -0.2) is 36.5 Å². The Morgan fingerprint density at radius 3 is 3.12 bits per heavy atom. The Labute approximate surface area is 95.0 Å². The van der Waals surface area contributed by atoms with Gasteiger partial charge in [0, 0.05) is 39.6 Å². The van der Waals surface area contributed by atoms with E-state index < -0.39 is 0 Å². The van der Waals surface area contributed by atoms with Crippen molar-refractivity contribution in [3.05, 3.63) is 11.8 Å². The molecule has 0 bridgehead atoms. The minimum Gasteiger partial charge on any atom is -0.384 e. The molecular formula is C11H17N3O2. The van der Waals surface area contributed by atoms with Gasteiger partial charge in [0.05, 0.1) is 12.3 Å². The minimum absolute atomic E-state index is 0.164. The van der Waals surface area contributed by atoms with Crippen LogP contribution in [0.2, 0.25) is 0 Å². The van der Waals surface area contributed by atoms with Crippen LogP contribution in [0.25, 0.3) is 0 Å². The molecule has 5 nitrogen and oxygen atoms in total. The molecule has 1 aromatic heterocycles. The molecule has 88 valence electrons. The Hall–Kier alpha value is -1.36. The van der Waals surface area contributed by atoms with Gasteiger partial charge in [-0.25, -0.2) is 4.68 Å². The second-order valence-electron chi connectivity index (χ2n) is 4.02. The third-order valence-corrected chi connectivity index (χ3v) is 2.85. The highest BCUT2D eigenvalue weighted by Crippen LogP contribution is 2.20. The molecule has 0 saturated carbocycles. The molecule has 0 spiro atoms. The fourth-order valence-electron chi connectivity index (χ4n) is 1.90. The summed E-state index contributed by atoms with van der Waals surface area (Å²) in [7, 11) is 3.48. The molecule has 0 fully saturated rings. The van der Waals surface area contributed by atoms with Crippen LogP contribution in [0.15, 0.2) is 6.07 Å². The summed E-state index contributed by atoms with van der Waals surface area (Å²) >= 11 is 0. The van der Waals surface area contributed by atoms with Crippen LogP contribution in [0.4, 0.5) is 5.82 Å². The number of carbonyl (C=O) groups is 1. The molecule has 1 aliphatic rings. The summed E-state index contributed by atoms with van der Waals surface area (Å²) in [5.74, 6) is 1.06. The van der Waals surface area contributed by atoms with Gasteiger partial charge in [0.25, 0.3) is 0 Å². The van der Waals surface area contributed by atoms with E-state index >= 15 is 0 Å². The number of aromatic nitrogens is 2. The van der Waals surface area contributed by atoms with Crippen molar-refractivity contribution in [2.75, 3.05) is 25.7 Å². The number of carbonyl (C=O) groups excluding carboxylic acids is 1. The van der Waals surface area contributed by atoms with Gasteiger partial charge in [0.15, 0.2) is 0 Å². The molecule has 2 heterocycles. The monoisotopic (exact) mass is 223 g/mol. The molecule has 0 saturated heterocycles. The van der Waals surface area contributed by atoms with Crippen molar-refractivity contribution in [3.63, 3.8) is 0 Å². The maximum atomic E-state index is 11.7. The van der Waals surface area contributed by atoms with Gasteiger partial charge in [0.2, 0.25) is 5.91 Å². The van der Waals surface area contributed by atoms with Gasteiger partial charge in [-0.2, -0.15) is 5.10 Å². The highest BCUT2D eigenvalue weighted by atomic mass is 16.5. The summed E-state index contributed by atoms with van der Waals surface area (Å²) in [4.78, 5) is 13.4. The molecule has 5 heteroatoms. The predicted molar refractivity (Wildman–Crippen MR) is 60.5 cm³/mol. The van der Waals surface area contributed by atoms with Gasteiger partial charge >= 0.3 is 0 Å². The van der Waals surface area contributed by atoms with Crippen molar-refractivity contribution < 1.29 is 9.53 Å². The molecule has 1 amide bonds. The summed E-state index contributed by atoms with van der Waals surface area (Å²) in [5.41, 5.74) is 0.985. The number of hydrogen-bond donors (Lipinski definition) is 0. The number of fused-ring (bicyclic) bond motifs is 1.